The van der Waals surface area contributed by atoms with Crippen molar-refractivity contribution < 1.29 is 0 Å². The molecule has 2 atom stereocenters. The van der Waals surface area contributed by atoms with Gasteiger partial charge in [-0.3, -0.25) is 0 Å². The highest BCUT2D eigenvalue weighted by molar-refractivity contribution is 4.88. The van der Waals surface area contributed by atoms with Gasteiger partial charge in [0.25, 0.3) is 0 Å². The Morgan fingerprint density at radius 3 is 1.39 bits per heavy atom. The number of rotatable bonds is 4. The molecule has 0 aromatic carbocycles. The largest absolute Gasteiger partial charge is 0.0625 e. The van der Waals surface area contributed by atoms with E-state index in [4.69, 9.17) is 0 Å². The minimum Gasteiger partial charge on any atom is -0.0625 e. The van der Waals surface area contributed by atoms with E-state index in [2.05, 4.69) is 55.4 Å². The summed E-state index contributed by atoms with van der Waals surface area (Å²) in [5, 5.41) is 0. The Bertz CT molecular complexity index is 218. The van der Waals surface area contributed by atoms with Gasteiger partial charge in [0.1, 0.15) is 0 Å². The Kier molecular flexibility index (Phi) is 5.74. The third-order valence-electron chi connectivity index (χ3n) is 5.52. The first-order valence-electron chi connectivity index (χ1n) is 8.25. The van der Waals surface area contributed by atoms with Crippen molar-refractivity contribution in [3.8, 4) is 0 Å². The summed E-state index contributed by atoms with van der Waals surface area (Å²) in [5.74, 6) is 7.19. The van der Waals surface area contributed by atoms with E-state index in [-0.39, 0.29) is 0 Å². The Labute approximate surface area is 116 Å². The standard InChI is InChI=1S/C18H36/c1-11(2)17(12(3)4)16-9-14(7)18(13(5)6)15(8)10-16/h11-18H,9-10H2,1-8H3. The van der Waals surface area contributed by atoms with Crippen molar-refractivity contribution in [3.63, 3.8) is 0 Å². The van der Waals surface area contributed by atoms with E-state index in [0.29, 0.717) is 0 Å². The maximum atomic E-state index is 2.50. The highest BCUT2D eigenvalue weighted by Crippen LogP contribution is 2.47. The monoisotopic (exact) mass is 252 g/mol. The van der Waals surface area contributed by atoms with Gasteiger partial charge < -0.3 is 0 Å². The molecular formula is C18H36. The molecule has 0 N–H and O–H groups in total. The molecule has 0 radical (unpaired) electrons. The second kappa shape index (κ2) is 6.44. The van der Waals surface area contributed by atoms with Crippen LogP contribution < -0.4 is 0 Å². The minimum atomic E-state index is 0.838. The lowest BCUT2D eigenvalue weighted by atomic mass is 9.60. The summed E-state index contributed by atoms with van der Waals surface area (Å²) < 4.78 is 0. The zero-order valence-electron chi connectivity index (χ0n) is 14.0. The molecule has 1 fully saturated rings. The van der Waals surface area contributed by atoms with Crippen LogP contribution in [0.15, 0.2) is 0 Å². The molecule has 0 heteroatoms. The van der Waals surface area contributed by atoms with Gasteiger partial charge >= 0.3 is 0 Å². The van der Waals surface area contributed by atoms with Gasteiger partial charge in [0.2, 0.25) is 0 Å². The average molecular weight is 252 g/mol. The SMILES string of the molecule is CC(C)C1C(C)CC(C(C(C)C)C(C)C)CC1C. The van der Waals surface area contributed by atoms with Crippen LogP contribution in [0.25, 0.3) is 0 Å². The van der Waals surface area contributed by atoms with Crippen molar-refractivity contribution in [2.45, 2.75) is 68.2 Å². The van der Waals surface area contributed by atoms with Gasteiger partial charge in [-0.25, -0.2) is 0 Å². The fraction of sp³-hybridized carbons (Fsp3) is 1.00. The second-order valence-electron chi connectivity index (χ2n) is 8.07. The molecule has 1 rings (SSSR count). The molecule has 1 aliphatic carbocycles. The first-order valence-corrected chi connectivity index (χ1v) is 8.25. The molecule has 2 unspecified atom stereocenters. The Balaban J connectivity index is 2.78. The molecule has 18 heavy (non-hydrogen) atoms. The lowest BCUT2D eigenvalue weighted by Gasteiger charge is -2.46. The van der Waals surface area contributed by atoms with Crippen LogP contribution in [0.1, 0.15) is 68.2 Å². The summed E-state index contributed by atoms with van der Waals surface area (Å²) in [4.78, 5) is 0. The predicted molar refractivity (Wildman–Crippen MR) is 82.5 cm³/mol. The highest BCUT2D eigenvalue weighted by atomic mass is 14.4. The first kappa shape index (κ1) is 16.1. The van der Waals surface area contributed by atoms with Gasteiger partial charge in [-0.05, 0) is 60.2 Å². The smallest absolute Gasteiger partial charge is 0.0339 e. The van der Waals surface area contributed by atoms with E-state index in [0.717, 1.165) is 47.3 Å². The highest BCUT2D eigenvalue weighted by Gasteiger charge is 2.39. The average Bonchev–Trinajstić information content (AvgIpc) is 2.13. The lowest BCUT2D eigenvalue weighted by molar-refractivity contribution is 0.0351. The number of hydrogen-bond acceptors (Lipinski definition) is 0. The Hall–Kier alpha value is 0. The van der Waals surface area contributed by atoms with Crippen molar-refractivity contribution in [1.82, 2.24) is 0 Å². The molecule has 0 spiro atoms. The summed E-state index contributed by atoms with van der Waals surface area (Å²) in [6.07, 6.45) is 2.93. The van der Waals surface area contributed by atoms with Crippen LogP contribution in [0, 0.1) is 47.3 Å². The van der Waals surface area contributed by atoms with E-state index in [1.165, 1.54) is 12.8 Å². The fourth-order valence-electron chi connectivity index (χ4n) is 5.41. The molecule has 0 aromatic rings. The Morgan fingerprint density at radius 2 is 1.11 bits per heavy atom. The van der Waals surface area contributed by atoms with Gasteiger partial charge in [0, 0.05) is 0 Å². The molecule has 0 amide bonds. The van der Waals surface area contributed by atoms with E-state index < -0.39 is 0 Å². The summed E-state index contributed by atoms with van der Waals surface area (Å²) in [6.45, 7) is 19.5. The molecule has 1 aliphatic rings. The van der Waals surface area contributed by atoms with Crippen LogP contribution in [0.3, 0.4) is 0 Å². The normalized spacial score (nSPS) is 34.0. The first-order chi connectivity index (χ1) is 8.25. The van der Waals surface area contributed by atoms with Gasteiger partial charge in [-0.15, -0.1) is 0 Å². The van der Waals surface area contributed by atoms with Crippen LogP contribution in [-0.2, 0) is 0 Å². The van der Waals surface area contributed by atoms with Gasteiger partial charge in [-0.1, -0.05) is 55.4 Å². The molecule has 0 nitrogen and oxygen atoms in total. The molecule has 0 heterocycles. The number of hydrogen-bond donors (Lipinski definition) is 0. The van der Waals surface area contributed by atoms with E-state index >= 15 is 0 Å². The van der Waals surface area contributed by atoms with Crippen molar-refractivity contribution in [1.29, 1.82) is 0 Å². The topological polar surface area (TPSA) is 0 Å². The van der Waals surface area contributed by atoms with Crippen molar-refractivity contribution in [2.75, 3.05) is 0 Å². The zero-order chi connectivity index (χ0) is 14.0. The van der Waals surface area contributed by atoms with Crippen LogP contribution in [0.5, 0.6) is 0 Å². The van der Waals surface area contributed by atoms with Gasteiger partial charge in [-0.2, -0.15) is 0 Å². The van der Waals surface area contributed by atoms with E-state index in [9.17, 15) is 0 Å². The predicted octanol–water partition coefficient (Wildman–Crippen LogP) is 5.87. The Morgan fingerprint density at radius 1 is 0.722 bits per heavy atom. The molecule has 0 bridgehead atoms. The summed E-state index contributed by atoms with van der Waals surface area (Å²) in [6, 6.07) is 0. The molecular weight excluding hydrogens is 216 g/mol. The second-order valence-corrected chi connectivity index (χ2v) is 8.07. The van der Waals surface area contributed by atoms with E-state index in [1.54, 1.807) is 0 Å². The molecule has 0 saturated heterocycles. The summed E-state index contributed by atoms with van der Waals surface area (Å²) >= 11 is 0. The minimum absolute atomic E-state index is 0.838. The molecule has 0 aliphatic heterocycles. The van der Waals surface area contributed by atoms with Gasteiger partial charge in [0.05, 0.1) is 0 Å². The van der Waals surface area contributed by atoms with Crippen LogP contribution in [-0.4, -0.2) is 0 Å². The van der Waals surface area contributed by atoms with Crippen molar-refractivity contribution in [2.24, 2.45) is 47.3 Å². The van der Waals surface area contributed by atoms with Gasteiger partial charge in [0.15, 0.2) is 0 Å². The third kappa shape index (κ3) is 3.52. The maximum Gasteiger partial charge on any atom is -0.0339 e. The maximum absolute atomic E-state index is 2.50. The summed E-state index contributed by atoms with van der Waals surface area (Å²) in [5.41, 5.74) is 0. The third-order valence-corrected chi connectivity index (χ3v) is 5.52. The zero-order valence-corrected chi connectivity index (χ0v) is 14.0. The fourth-order valence-corrected chi connectivity index (χ4v) is 5.41. The van der Waals surface area contributed by atoms with Crippen LogP contribution >= 0.6 is 0 Å². The molecule has 1 saturated carbocycles. The van der Waals surface area contributed by atoms with Crippen LogP contribution in [0.4, 0.5) is 0 Å². The van der Waals surface area contributed by atoms with Crippen molar-refractivity contribution in [3.05, 3.63) is 0 Å². The quantitative estimate of drug-likeness (QED) is 0.587. The molecule has 0 aromatic heterocycles. The van der Waals surface area contributed by atoms with E-state index in [1.807, 2.05) is 0 Å². The lowest BCUT2D eigenvalue weighted by Crippen LogP contribution is -2.38. The van der Waals surface area contributed by atoms with Crippen molar-refractivity contribution >= 4 is 0 Å². The van der Waals surface area contributed by atoms with Crippen LogP contribution in [0.2, 0.25) is 0 Å². The summed E-state index contributed by atoms with van der Waals surface area (Å²) in [7, 11) is 0. The molecule has 108 valence electrons.